The maximum absolute atomic E-state index is 9.19. The molecule has 1 aliphatic rings. The van der Waals surface area contributed by atoms with E-state index in [4.69, 9.17) is 5.11 Å². The van der Waals surface area contributed by atoms with E-state index < -0.39 is 0 Å². The van der Waals surface area contributed by atoms with Crippen LogP contribution in [0.5, 0.6) is 0 Å². The molecular formula is C15H23NO3. The van der Waals surface area contributed by atoms with Gasteiger partial charge in [0.05, 0.1) is 25.9 Å². The van der Waals surface area contributed by atoms with Gasteiger partial charge in [0.1, 0.15) is 0 Å². The third kappa shape index (κ3) is 3.76. The zero-order chi connectivity index (χ0) is 13.7. The Bertz CT molecular complexity index is 375. The first-order chi connectivity index (χ1) is 9.26. The second kappa shape index (κ2) is 7.01. The Kier molecular flexibility index (Phi) is 5.34. The van der Waals surface area contributed by atoms with Gasteiger partial charge in [-0.3, -0.25) is 4.90 Å². The lowest BCUT2D eigenvalue weighted by Gasteiger charge is -2.24. The molecule has 0 unspecified atom stereocenters. The van der Waals surface area contributed by atoms with Gasteiger partial charge in [-0.15, -0.1) is 0 Å². The van der Waals surface area contributed by atoms with Gasteiger partial charge < -0.3 is 15.3 Å². The van der Waals surface area contributed by atoms with Gasteiger partial charge >= 0.3 is 0 Å². The molecule has 1 aliphatic heterocycles. The van der Waals surface area contributed by atoms with Crippen LogP contribution in [0, 0.1) is 5.92 Å². The molecule has 4 heteroatoms. The van der Waals surface area contributed by atoms with Gasteiger partial charge in [-0.2, -0.15) is 0 Å². The second-order valence-corrected chi connectivity index (χ2v) is 5.35. The van der Waals surface area contributed by atoms with Crippen LogP contribution >= 0.6 is 0 Å². The molecule has 1 fully saturated rings. The monoisotopic (exact) mass is 265 g/mol. The molecule has 1 aromatic rings. The van der Waals surface area contributed by atoms with Crippen LogP contribution in [0.1, 0.15) is 17.5 Å². The highest BCUT2D eigenvalue weighted by Gasteiger charge is 2.27. The van der Waals surface area contributed by atoms with Crippen LogP contribution in [-0.4, -0.2) is 52.6 Å². The summed E-state index contributed by atoms with van der Waals surface area (Å²) in [5, 5.41) is 27.4. The summed E-state index contributed by atoms with van der Waals surface area (Å²) in [6.07, 6.45) is 2.13. The molecule has 2 rings (SSSR count). The Balaban J connectivity index is 1.87. The molecule has 0 aromatic heterocycles. The quantitative estimate of drug-likeness (QED) is 0.696. The summed E-state index contributed by atoms with van der Waals surface area (Å²) in [6, 6.07) is 7.97. The lowest BCUT2D eigenvalue weighted by Crippen LogP contribution is -2.39. The summed E-state index contributed by atoms with van der Waals surface area (Å²) < 4.78 is 0. The minimum absolute atomic E-state index is 0.0222. The first-order valence-corrected chi connectivity index (χ1v) is 6.91. The highest BCUT2D eigenvalue weighted by atomic mass is 16.3. The molecule has 4 nitrogen and oxygen atoms in total. The molecule has 106 valence electrons. The van der Waals surface area contributed by atoms with E-state index in [2.05, 4.69) is 17.0 Å². The van der Waals surface area contributed by atoms with E-state index in [0.717, 1.165) is 31.5 Å². The van der Waals surface area contributed by atoms with E-state index in [1.807, 2.05) is 12.1 Å². The molecule has 19 heavy (non-hydrogen) atoms. The van der Waals surface area contributed by atoms with Crippen molar-refractivity contribution >= 4 is 0 Å². The number of rotatable bonds is 6. The molecule has 0 saturated carbocycles. The topological polar surface area (TPSA) is 63.9 Å². The van der Waals surface area contributed by atoms with Crippen LogP contribution < -0.4 is 0 Å². The third-order valence-electron chi connectivity index (χ3n) is 3.99. The smallest absolute Gasteiger partial charge is 0.0681 e. The Morgan fingerprint density at radius 2 is 1.68 bits per heavy atom. The third-order valence-corrected chi connectivity index (χ3v) is 3.99. The zero-order valence-electron chi connectivity index (χ0n) is 11.2. The number of hydrogen-bond donors (Lipinski definition) is 3. The fraction of sp³-hybridized carbons (Fsp3) is 0.600. The first kappa shape index (κ1) is 14.5. The maximum Gasteiger partial charge on any atom is 0.0681 e. The summed E-state index contributed by atoms with van der Waals surface area (Å²) >= 11 is 0. The van der Waals surface area contributed by atoms with Gasteiger partial charge in [0.15, 0.2) is 0 Å². The van der Waals surface area contributed by atoms with Crippen molar-refractivity contribution in [2.24, 2.45) is 5.92 Å². The van der Waals surface area contributed by atoms with Gasteiger partial charge in [0, 0.05) is 6.54 Å². The van der Waals surface area contributed by atoms with Crippen molar-refractivity contribution in [1.82, 2.24) is 4.90 Å². The van der Waals surface area contributed by atoms with Crippen LogP contribution in [0.15, 0.2) is 24.3 Å². The molecular weight excluding hydrogens is 242 g/mol. The molecule has 1 aromatic carbocycles. The van der Waals surface area contributed by atoms with Gasteiger partial charge in [0.25, 0.3) is 0 Å². The average molecular weight is 265 g/mol. The summed E-state index contributed by atoms with van der Waals surface area (Å²) in [7, 11) is 0. The lowest BCUT2D eigenvalue weighted by atomic mass is 9.98. The second-order valence-electron chi connectivity index (χ2n) is 5.35. The molecule has 0 aliphatic carbocycles. The predicted octanol–water partition coefficient (Wildman–Crippen LogP) is 0.396. The van der Waals surface area contributed by atoms with Crippen molar-refractivity contribution in [2.45, 2.75) is 25.5 Å². The van der Waals surface area contributed by atoms with Crippen LogP contribution in [0.3, 0.4) is 0 Å². The minimum atomic E-state index is -0.109. The van der Waals surface area contributed by atoms with E-state index in [0.29, 0.717) is 5.92 Å². The molecule has 0 radical (unpaired) electrons. The van der Waals surface area contributed by atoms with Crippen molar-refractivity contribution in [3.63, 3.8) is 0 Å². The van der Waals surface area contributed by atoms with Crippen LogP contribution in [-0.2, 0) is 13.0 Å². The number of benzene rings is 1. The van der Waals surface area contributed by atoms with Crippen LogP contribution in [0.25, 0.3) is 0 Å². The Hall–Kier alpha value is -0.940. The Morgan fingerprint density at radius 1 is 1.05 bits per heavy atom. The van der Waals surface area contributed by atoms with Gasteiger partial charge in [-0.05, 0) is 36.4 Å². The summed E-state index contributed by atoms with van der Waals surface area (Å²) in [6.45, 7) is 2.02. The number of likely N-dealkylation sites (tertiary alicyclic amines) is 1. The molecule has 0 bridgehead atoms. The molecule has 1 atom stereocenters. The number of aliphatic hydroxyl groups excluding tert-OH is 3. The van der Waals surface area contributed by atoms with Gasteiger partial charge in [-0.1, -0.05) is 24.3 Å². The molecule has 3 N–H and O–H groups in total. The number of nitrogens with zero attached hydrogens (tertiary/aromatic N) is 1. The van der Waals surface area contributed by atoms with Crippen molar-refractivity contribution in [1.29, 1.82) is 0 Å². The van der Waals surface area contributed by atoms with Crippen LogP contribution in [0.4, 0.5) is 0 Å². The summed E-state index contributed by atoms with van der Waals surface area (Å²) in [5.74, 6) is 0.584. The fourth-order valence-electron chi connectivity index (χ4n) is 2.76. The Morgan fingerprint density at radius 3 is 2.26 bits per heavy atom. The van der Waals surface area contributed by atoms with E-state index in [9.17, 15) is 10.2 Å². The standard InChI is InChI=1S/C15H23NO3/c17-9-13-3-1-12(2-4-13)7-14-5-6-16(8-14)15(10-18)11-19/h1-4,14-15,17-19H,5-11H2/t14-/m1/s1. The maximum atomic E-state index is 9.19. The SMILES string of the molecule is OCc1ccc(C[C@H]2CCN(C(CO)CO)C2)cc1. The first-order valence-electron chi connectivity index (χ1n) is 6.91. The fourth-order valence-corrected chi connectivity index (χ4v) is 2.76. The highest BCUT2D eigenvalue weighted by Crippen LogP contribution is 2.22. The van der Waals surface area contributed by atoms with E-state index in [-0.39, 0.29) is 25.9 Å². The van der Waals surface area contributed by atoms with Gasteiger partial charge in [0.2, 0.25) is 0 Å². The number of aliphatic hydroxyl groups is 3. The average Bonchev–Trinajstić information content (AvgIpc) is 2.89. The highest BCUT2D eigenvalue weighted by molar-refractivity contribution is 5.22. The minimum Gasteiger partial charge on any atom is -0.395 e. The molecule has 1 saturated heterocycles. The predicted molar refractivity (Wildman–Crippen MR) is 73.7 cm³/mol. The van der Waals surface area contributed by atoms with Crippen LogP contribution in [0.2, 0.25) is 0 Å². The Labute approximate surface area is 114 Å². The summed E-state index contributed by atoms with van der Waals surface area (Å²) in [4.78, 5) is 2.17. The largest absolute Gasteiger partial charge is 0.395 e. The van der Waals surface area contributed by atoms with Crippen molar-refractivity contribution in [3.8, 4) is 0 Å². The van der Waals surface area contributed by atoms with Crippen molar-refractivity contribution in [2.75, 3.05) is 26.3 Å². The summed E-state index contributed by atoms with van der Waals surface area (Å²) in [5.41, 5.74) is 2.23. The lowest BCUT2D eigenvalue weighted by molar-refractivity contribution is 0.0880. The van der Waals surface area contributed by atoms with Crippen molar-refractivity contribution in [3.05, 3.63) is 35.4 Å². The van der Waals surface area contributed by atoms with E-state index >= 15 is 0 Å². The molecule has 1 heterocycles. The van der Waals surface area contributed by atoms with E-state index in [1.54, 1.807) is 0 Å². The van der Waals surface area contributed by atoms with Crippen molar-refractivity contribution < 1.29 is 15.3 Å². The van der Waals surface area contributed by atoms with E-state index in [1.165, 1.54) is 5.56 Å². The molecule has 0 spiro atoms. The number of hydrogen-bond acceptors (Lipinski definition) is 4. The molecule has 0 amide bonds. The normalized spacial score (nSPS) is 20.3. The zero-order valence-corrected chi connectivity index (χ0v) is 11.2. The van der Waals surface area contributed by atoms with Gasteiger partial charge in [-0.25, -0.2) is 0 Å².